The predicted octanol–water partition coefficient (Wildman–Crippen LogP) is 4.34. The average molecular weight is 312 g/mol. The van der Waals surface area contributed by atoms with Crippen LogP contribution in [-0.2, 0) is 0 Å². The molecule has 1 aliphatic rings. The molecule has 0 bridgehead atoms. The van der Waals surface area contributed by atoms with E-state index in [0.717, 1.165) is 0 Å². The molecule has 0 atom stereocenters. The molecular formula is C23H25B. The summed E-state index contributed by atoms with van der Waals surface area (Å²) >= 11 is 0. The van der Waals surface area contributed by atoms with Gasteiger partial charge in [-0.3, -0.25) is 0 Å². The number of hydrogen-bond donors (Lipinski definition) is 0. The van der Waals surface area contributed by atoms with Crippen LogP contribution in [0.25, 0.3) is 0 Å². The Bertz CT molecular complexity index is 802. The lowest BCUT2D eigenvalue weighted by molar-refractivity contribution is 1.34. The molecule has 1 aliphatic carbocycles. The molecule has 0 fully saturated rings. The number of allylic oxidation sites excluding steroid dienone is 3. The molecule has 1 heteroatoms. The van der Waals surface area contributed by atoms with Crippen molar-refractivity contribution in [1.29, 1.82) is 0 Å². The minimum absolute atomic E-state index is 0.251. The van der Waals surface area contributed by atoms with Gasteiger partial charge in [0.25, 0.3) is 6.71 Å². The van der Waals surface area contributed by atoms with Gasteiger partial charge in [-0.25, -0.2) is 0 Å². The van der Waals surface area contributed by atoms with Crippen LogP contribution in [0.2, 0.25) is 0 Å². The fourth-order valence-corrected chi connectivity index (χ4v) is 4.27. The van der Waals surface area contributed by atoms with Crippen molar-refractivity contribution >= 4 is 17.6 Å². The number of benzene rings is 2. The second-order valence-corrected chi connectivity index (χ2v) is 7.18. The van der Waals surface area contributed by atoms with Gasteiger partial charge in [0.15, 0.2) is 0 Å². The number of hydrogen-bond acceptors (Lipinski definition) is 0. The maximum absolute atomic E-state index is 3.47. The molecule has 0 radical (unpaired) electrons. The van der Waals surface area contributed by atoms with Crippen LogP contribution in [0.1, 0.15) is 33.4 Å². The van der Waals surface area contributed by atoms with E-state index in [0.29, 0.717) is 0 Å². The molecule has 0 nitrogen and oxygen atoms in total. The first kappa shape index (κ1) is 16.6. The summed E-state index contributed by atoms with van der Waals surface area (Å²) in [6.45, 7) is 13.6. The van der Waals surface area contributed by atoms with E-state index in [1.54, 1.807) is 0 Å². The van der Waals surface area contributed by atoms with Gasteiger partial charge in [0.05, 0.1) is 0 Å². The van der Waals surface area contributed by atoms with Gasteiger partial charge in [-0.15, -0.1) is 5.73 Å². The van der Waals surface area contributed by atoms with Gasteiger partial charge >= 0.3 is 0 Å². The SMILES string of the molecule is Cc1cc(C)c(B(C2=C=CC=C2)c2c(C)cc(C)cc2C)c(C)c1. The zero-order valence-electron chi connectivity index (χ0n) is 15.6. The Morgan fingerprint density at radius 2 is 1.08 bits per heavy atom. The second kappa shape index (κ2) is 6.34. The molecule has 0 aromatic heterocycles. The Labute approximate surface area is 146 Å². The van der Waals surface area contributed by atoms with E-state index in [-0.39, 0.29) is 6.71 Å². The fourth-order valence-electron chi connectivity index (χ4n) is 4.27. The Morgan fingerprint density at radius 3 is 1.42 bits per heavy atom. The summed E-state index contributed by atoms with van der Waals surface area (Å²) in [5.74, 6) is 0. The van der Waals surface area contributed by atoms with E-state index in [1.165, 1.54) is 49.8 Å². The van der Waals surface area contributed by atoms with Gasteiger partial charge in [-0.1, -0.05) is 80.7 Å². The van der Waals surface area contributed by atoms with Crippen LogP contribution in [0, 0.1) is 41.5 Å². The van der Waals surface area contributed by atoms with Gasteiger partial charge in [-0.05, 0) is 53.1 Å². The highest BCUT2D eigenvalue weighted by Crippen LogP contribution is 2.17. The van der Waals surface area contributed by atoms with Crippen molar-refractivity contribution in [2.45, 2.75) is 41.5 Å². The van der Waals surface area contributed by atoms with E-state index in [4.69, 9.17) is 0 Å². The lowest BCUT2D eigenvalue weighted by atomic mass is 9.34. The van der Waals surface area contributed by atoms with Crippen molar-refractivity contribution in [3.8, 4) is 0 Å². The summed E-state index contributed by atoms with van der Waals surface area (Å²) in [5.41, 5.74) is 15.7. The smallest absolute Gasteiger partial charge is 0.126 e. The van der Waals surface area contributed by atoms with Crippen LogP contribution < -0.4 is 10.9 Å². The van der Waals surface area contributed by atoms with Crippen molar-refractivity contribution in [1.82, 2.24) is 0 Å². The summed E-state index contributed by atoms with van der Waals surface area (Å²) in [4.78, 5) is 0. The first-order valence-corrected chi connectivity index (χ1v) is 8.67. The average Bonchev–Trinajstić information content (AvgIpc) is 2.97. The monoisotopic (exact) mass is 312 g/mol. The second-order valence-electron chi connectivity index (χ2n) is 7.18. The summed E-state index contributed by atoms with van der Waals surface area (Å²) in [5, 5.41) is 0. The zero-order chi connectivity index (χ0) is 17.4. The molecule has 0 heterocycles. The highest BCUT2D eigenvalue weighted by Gasteiger charge is 2.29. The third-order valence-electron chi connectivity index (χ3n) is 4.99. The molecule has 0 unspecified atom stereocenters. The molecule has 0 spiro atoms. The van der Waals surface area contributed by atoms with Gasteiger partial charge in [0.2, 0.25) is 0 Å². The topological polar surface area (TPSA) is 0 Å². The summed E-state index contributed by atoms with van der Waals surface area (Å²) < 4.78 is 0. The van der Waals surface area contributed by atoms with Crippen LogP contribution in [0.15, 0.2) is 53.7 Å². The maximum atomic E-state index is 3.47. The Hall–Kier alpha value is -2.24. The quantitative estimate of drug-likeness (QED) is 0.584. The third-order valence-corrected chi connectivity index (χ3v) is 4.99. The summed E-state index contributed by atoms with van der Waals surface area (Å²) in [7, 11) is 0. The van der Waals surface area contributed by atoms with Gasteiger partial charge < -0.3 is 0 Å². The van der Waals surface area contributed by atoms with E-state index in [1.807, 2.05) is 6.08 Å². The third kappa shape index (κ3) is 2.93. The summed E-state index contributed by atoms with van der Waals surface area (Å²) in [6.07, 6.45) is 6.34. The molecule has 0 N–H and O–H groups in total. The number of aryl methyl sites for hydroxylation is 6. The molecule has 0 aliphatic heterocycles. The molecule has 0 amide bonds. The van der Waals surface area contributed by atoms with Crippen LogP contribution in [0.4, 0.5) is 0 Å². The van der Waals surface area contributed by atoms with E-state index in [2.05, 4.69) is 83.7 Å². The molecular weight excluding hydrogens is 287 g/mol. The molecule has 120 valence electrons. The Kier molecular flexibility index (Phi) is 4.39. The van der Waals surface area contributed by atoms with E-state index < -0.39 is 0 Å². The maximum Gasteiger partial charge on any atom is 0.252 e. The van der Waals surface area contributed by atoms with Crippen LogP contribution in [0.3, 0.4) is 0 Å². The van der Waals surface area contributed by atoms with Crippen molar-refractivity contribution in [3.63, 3.8) is 0 Å². The van der Waals surface area contributed by atoms with E-state index >= 15 is 0 Å². The van der Waals surface area contributed by atoms with Crippen LogP contribution in [-0.4, -0.2) is 6.71 Å². The van der Waals surface area contributed by atoms with Crippen molar-refractivity contribution < 1.29 is 0 Å². The molecule has 3 rings (SSSR count). The Balaban J connectivity index is 2.32. The normalized spacial score (nSPS) is 12.7. The minimum Gasteiger partial charge on any atom is -0.126 e. The van der Waals surface area contributed by atoms with Crippen LogP contribution in [0.5, 0.6) is 0 Å². The van der Waals surface area contributed by atoms with Crippen LogP contribution >= 0.6 is 0 Å². The van der Waals surface area contributed by atoms with Gasteiger partial charge in [-0.2, -0.15) is 0 Å². The zero-order valence-corrected chi connectivity index (χ0v) is 15.6. The molecule has 0 saturated carbocycles. The first-order chi connectivity index (χ1) is 11.4. The largest absolute Gasteiger partial charge is 0.252 e. The van der Waals surface area contributed by atoms with Crippen molar-refractivity contribution in [2.24, 2.45) is 0 Å². The molecule has 24 heavy (non-hydrogen) atoms. The first-order valence-electron chi connectivity index (χ1n) is 8.67. The summed E-state index contributed by atoms with van der Waals surface area (Å²) in [6, 6.07) is 9.21. The van der Waals surface area contributed by atoms with Crippen molar-refractivity contribution in [2.75, 3.05) is 0 Å². The predicted molar refractivity (Wildman–Crippen MR) is 107 cm³/mol. The van der Waals surface area contributed by atoms with E-state index in [9.17, 15) is 0 Å². The van der Waals surface area contributed by atoms with Gasteiger partial charge in [0, 0.05) is 0 Å². The standard InChI is InChI=1S/C23H25B/c1-15-11-17(3)22(18(4)12-15)24(21-9-7-8-10-21)23-19(5)13-16(2)14-20(23)6/h7-9,11-14H,1-6H3. The number of rotatable bonds is 3. The lowest BCUT2D eigenvalue weighted by Crippen LogP contribution is -2.48. The van der Waals surface area contributed by atoms with Gasteiger partial charge in [0.1, 0.15) is 0 Å². The minimum atomic E-state index is 0.251. The Morgan fingerprint density at radius 1 is 0.667 bits per heavy atom. The molecule has 0 saturated heterocycles. The highest BCUT2D eigenvalue weighted by molar-refractivity contribution is 6.92. The fraction of sp³-hybridized carbons (Fsp3) is 0.261. The molecule has 2 aromatic rings. The molecule has 2 aromatic carbocycles. The highest BCUT2D eigenvalue weighted by atomic mass is 14.1. The lowest BCUT2D eigenvalue weighted by Gasteiger charge is -2.24. The van der Waals surface area contributed by atoms with Crippen molar-refractivity contribution in [3.05, 3.63) is 87.1 Å².